The Kier molecular flexibility index (Phi) is 3.46. The van der Waals surface area contributed by atoms with Gasteiger partial charge in [0, 0.05) is 13.0 Å². The van der Waals surface area contributed by atoms with Crippen LogP contribution >= 0.6 is 0 Å². The van der Waals surface area contributed by atoms with Gasteiger partial charge in [-0.05, 0) is 25.0 Å². The SMILES string of the molecule is CC(=O)N(CC(=O)NCc1ccco1)C1CC1. The van der Waals surface area contributed by atoms with Crippen molar-refractivity contribution in [3.05, 3.63) is 24.2 Å². The van der Waals surface area contributed by atoms with Crippen molar-refractivity contribution in [2.45, 2.75) is 32.4 Å². The maximum absolute atomic E-state index is 11.6. The molecular weight excluding hydrogens is 220 g/mol. The molecule has 2 rings (SSSR count). The Morgan fingerprint density at radius 1 is 1.53 bits per heavy atom. The number of amides is 2. The lowest BCUT2D eigenvalue weighted by molar-refractivity contribution is -0.135. The Morgan fingerprint density at radius 3 is 2.82 bits per heavy atom. The van der Waals surface area contributed by atoms with Crippen molar-refractivity contribution in [3.63, 3.8) is 0 Å². The molecule has 5 nitrogen and oxygen atoms in total. The molecule has 1 saturated carbocycles. The molecule has 0 spiro atoms. The van der Waals surface area contributed by atoms with Gasteiger partial charge in [-0.3, -0.25) is 9.59 Å². The van der Waals surface area contributed by atoms with Crippen molar-refractivity contribution in [1.29, 1.82) is 0 Å². The molecule has 17 heavy (non-hydrogen) atoms. The summed E-state index contributed by atoms with van der Waals surface area (Å²) in [6, 6.07) is 3.83. The monoisotopic (exact) mass is 236 g/mol. The average Bonchev–Trinajstić information content (AvgIpc) is 2.99. The molecule has 0 radical (unpaired) electrons. The van der Waals surface area contributed by atoms with E-state index in [0.717, 1.165) is 12.8 Å². The van der Waals surface area contributed by atoms with E-state index < -0.39 is 0 Å². The fourth-order valence-corrected chi connectivity index (χ4v) is 1.69. The molecule has 5 heteroatoms. The molecule has 1 aromatic heterocycles. The third kappa shape index (κ3) is 3.34. The van der Waals surface area contributed by atoms with E-state index in [1.54, 1.807) is 23.3 Å². The number of nitrogens with one attached hydrogen (secondary N) is 1. The topological polar surface area (TPSA) is 62.6 Å². The molecule has 0 atom stereocenters. The minimum atomic E-state index is -0.150. The first-order valence-electron chi connectivity index (χ1n) is 5.73. The molecule has 0 unspecified atom stereocenters. The lowest BCUT2D eigenvalue weighted by atomic mass is 10.4. The number of carbonyl (C=O) groups excluding carboxylic acids is 2. The van der Waals surface area contributed by atoms with Gasteiger partial charge in [0.1, 0.15) is 5.76 Å². The molecule has 1 aliphatic rings. The highest BCUT2D eigenvalue weighted by Gasteiger charge is 2.31. The summed E-state index contributed by atoms with van der Waals surface area (Å²) in [5.41, 5.74) is 0. The maximum Gasteiger partial charge on any atom is 0.240 e. The van der Waals surface area contributed by atoms with Gasteiger partial charge in [0.2, 0.25) is 11.8 Å². The molecule has 1 aromatic rings. The van der Waals surface area contributed by atoms with Crippen molar-refractivity contribution in [2.24, 2.45) is 0 Å². The van der Waals surface area contributed by atoms with Gasteiger partial charge in [-0.25, -0.2) is 0 Å². The van der Waals surface area contributed by atoms with E-state index in [1.807, 2.05) is 0 Å². The summed E-state index contributed by atoms with van der Waals surface area (Å²) in [7, 11) is 0. The summed E-state index contributed by atoms with van der Waals surface area (Å²) < 4.78 is 5.10. The van der Waals surface area contributed by atoms with Gasteiger partial charge in [-0.2, -0.15) is 0 Å². The van der Waals surface area contributed by atoms with E-state index in [-0.39, 0.29) is 24.4 Å². The molecule has 2 amide bonds. The summed E-state index contributed by atoms with van der Waals surface area (Å²) in [6.07, 6.45) is 3.57. The van der Waals surface area contributed by atoms with Gasteiger partial charge in [0.25, 0.3) is 0 Å². The van der Waals surface area contributed by atoms with Gasteiger partial charge in [0.05, 0.1) is 19.4 Å². The van der Waals surface area contributed by atoms with E-state index in [2.05, 4.69) is 5.32 Å². The van der Waals surface area contributed by atoms with Crippen LogP contribution in [-0.4, -0.2) is 29.3 Å². The largest absolute Gasteiger partial charge is 0.467 e. The molecule has 0 bridgehead atoms. The summed E-state index contributed by atoms with van der Waals surface area (Å²) in [5, 5.41) is 2.73. The molecule has 1 heterocycles. The van der Waals surface area contributed by atoms with Gasteiger partial charge in [0.15, 0.2) is 0 Å². The van der Waals surface area contributed by atoms with E-state index >= 15 is 0 Å². The van der Waals surface area contributed by atoms with Crippen LogP contribution in [0.25, 0.3) is 0 Å². The Labute approximate surface area is 99.8 Å². The smallest absolute Gasteiger partial charge is 0.240 e. The number of hydrogen-bond acceptors (Lipinski definition) is 3. The minimum Gasteiger partial charge on any atom is -0.467 e. The van der Waals surface area contributed by atoms with Gasteiger partial charge >= 0.3 is 0 Å². The standard InChI is InChI=1S/C12H16N2O3/c1-9(15)14(10-4-5-10)8-12(16)13-7-11-3-2-6-17-11/h2-3,6,10H,4-5,7-8H2,1H3,(H,13,16). The van der Waals surface area contributed by atoms with Crippen LogP contribution in [0.15, 0.2) is 22.8 Å². The first-order valence-corrected chi connectivity index (χ1v) is 5.73. The molecule has 92 valence electrons. The Hall–Kier alpha value is -1.78. The van der Waals surface area contributed by atoms with Crippen LogP contribution in [-0.2, 0) is 16.1 Å². The van der Waals surface area contributed by atoms with E-state index in [4.69, 9.17) is 4.42 Å². The molecule has 0 saturated heterocycles. The molecule has 1 fully saturated rings. The number of carbonyl (C=O) groups is 2. The quantitative estimate of drug-likeness (QED) is 0.826. The Balaban J connectivity index is 1.77. The second kappa shape index (κ2) is 5.03. The first kappa shape index (κ1) is 11.7. The summed E-state index contributed by atoms with van der Waals surface area (Å²) in [5.74, 6) is 0.517. The third-order valence-corrected chi connectivity index (χ3v) is 2.75. The van der Waals surface area contributed by atoms with E-state index in [9.17, 15) is 9.59 Å². The predicted octanol–water partition coefficient (Wildman–Crippen LogP) is 0.907. The predicted molar refractivity (Wildman–Crippen MR) is 61.0 cm³/mol. The van der Waals surface area contributed by atoms with Crippen LogP contribution in [0.5, 0.6) is 0 Å². The highest BCUT2D eigenvalue weighted by atomic mass is 16.3. The van der Waals surface area contributed by atoms with E-state index in [0.29, 0.717) is 12.3 Å². The molecule has 1 aliphatic carbocycles. The summed E-state index contributed by atoms with van der Waals surface area (Å²) in [4.78, 5) is 24.6. The van der Waals surface area contributed by atoms with Gasteiger partial charge in [-0.1, -0.05) is 0 Å². The zero-order valence-electron chi connectivity index (χ0n) is 9.81. The van der Waals surface area contributed by atoms with Crippen molar-refractivity contribution < 1.29 is 14.0 Å². The zero-order valence-corrected chi connectivity index (χ0v) is 9.81. The fraction of sp³-hybridized carbons (Fsp3) is 0.500. The summed E-state index contributed by atoms with van der Waals surface area (Å²) in [6.45, 7) is 2.00. The van der Waals surface area contributed by atoms with Gasteiger partial charge in [-0.15, -0.1) is 0 Å². The van der Waals surface area contributed by atoms with Crippen LogP contribution in [0.2, 0.25) is 0 Å². The Morgan fingerprint density at radius 2 is 2.29 bits per heavy atom. The number of hydrogen-bond donors (Lipinski definition) is 1. The van der Waals surface area contributed by atoms with Crippen molar-refractivity contribution in [3.8, 4) is 0 Å². The molecule has 0 aliphatic heterocycles. The lowest BCUT2D eigenvalue weighted by Crippen LogP contribution is -2.40. The van der Waals surface area contributed by atoms with E-state index in [1.165, 1.54) is 6.92 Å². The maximum atomic E-state index is 11.6. The second-order valence-electron chi connectivity index (χ2n) is 4.23. The van der Waals surface area contributed by atoms with Crippen molar-refractivity contribution in [2.75, 3.05) is 6.54 Å². The average molecular weight is 236 g/mol. The number of rotatable bonds is 5. The molecule has 0 aromatic carbocycles. The zero-order chi connectivity index (χ0) is 12.3. The normalized spacial score (nSPS) is 14.4. The molecule has 1 N–H and O–H groups in total. The number of nitrogens with zero attached hydrogens (tertiary/aromatic N) is 1. The van der Waals surface area contributed by atoms with Crippen LogP contribution < -0.4 is 5.32 Å². The number of furan rings is 1. The van der Waals surface area contributed by atoms with Crippen LogP contribution in [0.1, 0.15) is 25.5 Å². The third-order valence-electron chi connectivity index (χ3n) is 2.75. The van der Waals surface area contributed by atoms with Gasteiger partial charge < -0.3 is 14.6 Å². The Bertz CT molecular complexity index is 396. The lowest BCUT2D eigenvalue weighted by Gasteiger charge is -2.19. The summed E-state index contributed by atoms with van der Waals surface area (Å²) >= 11 is 0. The fourth-order valence-electron chi connectivity index (χ4n) is 1.69. The first-order chi connectivity index (χ1) is 8.16. The van der Waals surface area contributed by atoms with Crippen LogP contribution in [0.4, 0.5) is 0 Å². The minimum absolute atomic E-state index is 0.0411. The van der Waals surface area contributed by atoms with Crippen molar-refractivity contribution >= 4 is 11.8 Å². The second-order valence-corrected chi connectivity index (χ2v) is 4.23. The highest BCUT2D eigenvalue weighted by Crippen LogP contribution is 2.26. The highest BCUT2D eigenvalue weighted by molar-refractivity contribution is 5.84. The van der Waals surface area contributed by atoms with Crippen molar-refractivity contribution in [1.82, 2.24) is 10.2 Å². The van der Waals surface area contributed by atoms with Crippen LogP contribution in [0.3, 0.4) is 0 Å². The molecular formula is C12H16N2O3. The van der Waals surface area contributed by atoms with Crippen LogP contribution in [0, 0.1) is 0 Å².